The minimum absolute atomic E-state index is 0.0529. The minimum Gasteiger partial charge on any atom is -0.465 e. The Morgan fingerprint density at radius 1 is 1.18 bits per heavy atom. The molecule has 6 nitrogen and oxygen atoms in total. The fourth-order valence-electron chi connectivity index (χ4n) is 3.25. The Bertz CT molecular complexity index is 1040. The number of hydrogen-bond acceptors (Lipinski definition) is 6. The lowest BCUT2D eigenvalue weighted by Gasteiger charge is -2.09. The Morgan fingerprint density at radius 3 is 2.57 bits per heavy atom. The lowest BCUT2D eigenvalue weighted by atomic mass is 10.1. The number of rotatable bonds is 4. The molecule has 1 aromatic heterocycles. The van der Waals surface area contributed by atoms with Gasteiger partial charge in [0.05, 0.1) is 22.6 Å². The summed E-state index contributed by atoms with van der Waals surface area (Å²) in [4.78, 5) is 26.1. The highest BCUT2D eigenvalue weighted by atomic mass is 35.5. The standard InChI is InChI=1S/C19H20ClNO5S2/c1-26-19(23)16-12-6-4-3-5-7-14(12)27-18(16)21-17(22)11-8-9-13(20)15(10-11)28(2,24)25/h8-10H,3-7H2,1-2H3,(H,21,22). The Balaban J connectivity index is 1.98. The van der Waals surface area contributed by atoms with Gasteiger partial charge in [0.15, 0.2) is 9.84 Å². The van der Waals surface area contributed by atoms with Gasteiger partial charge in [0, 0.05) is 16.7 Å². The zero-order valence-corrected chi connectivity index (χ0v) is 17.9. The first-order chi connectivity index (χ1) is 13.2. The number of carbonyl (C=O) groups is 2. The van der Waals surface area contributed by atoms with Gasteiger partial charge in [-0.2, -0.15) is 0 Å². The fourth-order valence-corrected chi connectivity index (χ4v) is 5.83. The molecule has 1 aliphatic rings. The zero-order valence-electron chi connectivity index (χ0n) is 15.5. The maximum Gasteiger partial charge on any atom is 0.341 e. The number of methoxy groups -OCH3 is 1. The van der Waals surface area contributed by atoms with E-state index in [4.69, 9.17) is 16.3 Å². The van der Waals surface area contributed by atoms with Crippen molar-refractivity contribution in [1.29, 1.82) is 0 Å². The first-order valence-electron chi connectivity index (χ1n) is 8.76. The van der Waals surface area contributed by atoms with Gasteiger partial charge < -0.3 is 10.1 Å². The van der Waals surface area contributed by atoms with Crippen LogP contribution in [0.15, 0.2) is 23.1 Å². The Kier molecular flexibility index (Phi) is 6.12. The summed E-state index contributed by atoms with van der Waals surface area (Å²) >= 11 is 7.32. The van der Waals surface area contributed by atoms with Crippen LogP contribution in [0.1, 0.15) is 50.4 Å². The summed E-state index contributed by atoms with van der Waals surface area (Å²) in [5.41, 5.74) is 1.48. The van der Waals surface area contributed by atoms with E-state index in [-0.39, 0.29) is 15.5 Å². The van der Waals surface area contributed by atoms with E-state index in [2.05, 4.69) is 5.32 Å². The molecule has 9 heteroatoms. The van der Waals surface area contributed by atoms with Gasteiger partial charge in [-0.25, -0.2) is 13.2 Å². The van der Waals surface area contributed by atoms with Gasteiger partial charge in [-0.3, -0.25) is 4.79 Å². The maximum absolute atomic E-state index is 12.8. The normalized spacial score (nSPS) is 14.1. The lowest BCUT2D eigenvalue weighted by molar-refractivity contribution is 0.0601. The van der Waals surface area contributed by atoms with Crippen LogP contribution in [0, 0.1) is 0 Å². The summed E-state index contributed by atoms with van der Waals surface area (Å²) in [7, 11) is -2.27. The molecule has 1 amide bonds. The molecule has 1 N–H and O–H groups in total. The molecular formula is C19H20ClNO5S2. The van der Waals surface area contributed by atoms with E-state index < -0.39 is 21.7 Å². The predicted molar refractivity (Wildman–Crippen MR) is 109 cm³/mol. The largest absolute Gasteiger partial charge is 0.465 e. The number of nitrogens with one attached hydrogen (secondary N) is 1. The third kappa shape index (κ3) is 4.24. The van der Waals surface area contributed by atoms with E-state index in [1.54, 1.807) is 0 Å². The molecule has 1 aromatic carbocycles. The number of benzene rings is 1. The van der Waals surface area contributed by atoms with E-state index in [0.29, 0.717) is 10.6 Å². The molecule has 2 aromatic rings. The molecule has 0 fully saturated rings. The van der Waals surface area contributed by atoms with Gasteiger partial charge in [-0.1, -0.05) is 18.0 Å². The highest BCUT2D eigenvalue weighted by Gasteiger charge is 2.27. The molecule has 0 spiro atoms. The van der Waals surface area contributed by atoms with Crippen molar-refractivity contribution in [2.75, 3.05) is 18.7 Å². The summed E-state index contributed by atoms with van der Waals surface area (Å²) in [6.45, 7) is 0. The van der Waals surface area contributed by atoms with Crippen molar-refractivity contribution in [1.82, 2.24) is 0 Å². The van der Waals surface area contributed by atoms with Crippen molar-refractivity contribution in [3.63, 3.8) is 0 Å². The van der Waals surface area contributed by atoms with Crippen LogP contribution in [-0.4, -0.2) is 33.7 Å². The van der Waals surface area contributed by atoms with Gasteiger partial charge in [0.1, 0.15) is 5.00 Å². The van der Waals surface area contributed by atoms with Gasteiger partial charge in [0.2, 0.25) is 0 Å². The van der Waals surface area contributed by atoms with E-state index in [1.165, 1.54) is 36.6 Å². The highest BCUT2D eigenvalue weighted by molar-refractivity contribution is 7.90. The number of sulfone groups is 1. The monoisotopic (exact) mass is 441 g/mol. The van der Waals surface area contributed by atoms with Gasteiger partial charge >= 0.3 is 5.97 Å². The molecule has 0 unspecified atom stereocenters. The van der Waals surface area contributed by atoms with Crippen molar-refractivity contribution < 1.29 is 22.7 Å². The average Bonchev–Trinajstić information content (AvgIpc) is 2.81. The smallest absolute Gasteiger partial charge is 0.341 e. The molecule has 0 saturated heterocycles. The van der Waals surface area contributed by atoms with Crippen molar-refractivity contribution in [3.8, 4) is 0 Å². The van der Waals surface area contributed by atoms with Crippen LogP contribution in [0.4, 0.5) is 5.00 Å². The second-order valence-electron chi connectivity index (χ2n) is 6.63. The SMILES string of the molecule is COC(=O)c1c(NC(=O)c2ccc(Cl)c(S(C)(=O)=O)c2)sc2c1CCCCC2. The molecule has 3 rings (SSSR count). The zero-order chi connectivity index (χ0) is 20.5. The van der Waals surface area contributed by atoms with Crippen molar-refractivity contribution in [2.45, 2.75) is 37.0 Å². The van der Waals surface area contributed by atoms with Crippen LogP contribution < -0.4 is 5.32 Å². The topological polar surface area (TPSA) is 89.5 Å². The van der Waals surface area contributed by atoms with Crippen LogP contribution in [0.2, 0.25) is 5.02 Å². The van der Waals surface area contributed by atoms with Gasteiger partial charge in [-0.15, -0.1) is 11.3 Å². The molecule has 0 atom stereocenters. The molecular weight excluding hydrogens is 422 g/mol. The number of halogens is 1. The Labute approximate surface area is 172 Å². The summed E-state index contributed by atoms with van der Waals surface area (Å²) in [5, 5.41) is 3.24. The number of hydrogen-bond donors (Lipinski definition) is 1. The maximum atomic E-state index is 12.8. The molecule has 28 heavy (non-hydrogen) atoms. The third-order valence-electron chi connectivity index (χ3n) is 4.63. The van der Waals surface area contributed by atoms with Crippen molar-refractivity contribution in [3.05, 3.63) is 44.8 Å². The molecule has 1 aliphatic carbocycles. The predicted octanol–water partition coefficient (Wildman–Crippen LogP) is 4.11. The number of esters is 1. The second kappa shape index (κ2) is 8.23. The van der Waals surface area contributed by atoms with E-state index in [9.17, 15) is 18.0 Å². The van der Waals surface area contributed by atoms with Crippen LogP contribution in [0.3, 0.4) is 0 Å². The van der Waals surface area contributed by atoms with E-state index in [0.717, 1.165) is 48.8 Å². The molecule has 0 aliphatic heterocycles. The number of ether oxygens (including phenoxy) is 1. The van der Waals surface area contributed by atoms with Crippen LogP contribution >= 0.6 is 22.9 Å². The lowest BCUT2D eigenvalue weighted by Crippen LogP contribution is -2.15. The van der Waals surface area contributed by atoms with E-state index in [1.807, 2.05) is 0 Å². The first-order valence-corrected chi connectivity index (χ1v) is 11.8. The molecule has 0 bridgehead atoms. The summed E-state index contributed by atoms with van der Waals surface area (Å²) < 4.78 is 28.6. The highest BCUT2D eigenvalue weighted by Crippen LogP contribution is 2.38. The number of aryl methyl sites for hydroxylation is 1. The number of carbonyl (C=O) groups excluding carboxylic acids is 2. The van der Waals surface area contributed by atoms with Crippen molar-refractivity contribution in [2.24, 2.45) is 0 Å². The Hall–Kier alpha value is -1.90. The number of anilines is 1. The number of thiophene rings is 1. The average molecular weight is 442 g/mol. The van der Waals surface area contributed by atoms with Gasteiger partial charge in [0.25, 0.3) is 5.91 Å². The summed E-state index contributed by atoms with van der Waals surface area (Å²) in [6, 6.07) is 4.06. The summed E-state index contributed by atoms with van der Waals surface area (Å²) in [6.07, 6.45) is 5.78. The minimum atomic E-state index is -3.58. The van der Waals surface area contributed by atoms with Gasteiger partial charge in [-0.05, 0) is 49.4 Å². The first kappa shape index (κ1) is 20.8. The molecule has 0 radical (unpaired) electrons. The second-order valence-corrected chi connectivity index (χ2v) is 10.1. The quantitative estimate of drug-likeness (QED) is 0.569. The fraction of sp³-hybridized carbons (Fsp3) is 0.368. The number of fused-ring (bicyclic) bond motifs is 1. The Morgan fingerprint density at radius 2 is 1.89 bits per heavy atom. The molecule has 150 valence electrons. The summed E-state index contributed by atoms with van der Waals surface area (Å²) in [5.74, 6) is -0.995. The molecule has 1 heterocycles. The van der Waals surface area contributed by atoms with Crippen LogP contribution in [0.25, 0.3) is 0 Å². The van der Waals surface area contributed by atoms with Crippen LogP contribution in [0.5, 0.6) is 0 Å². The van der Waals surface area contributed by atoms with Crippen molar-refractivity contribution >= 4 is 49.7 Å². The number of amides is 1. The van der Waals surface area contributed by atoms with E-state index >= 15 is 0 Å². The third-order valence-corrected chi connectivity index (χ3v) is 7.42. The van der Waals surface area contributed by atoms with Crippen LogP contribution in [-0.2, 0) is 27.4 Å². The molecule has 0 saturated carbocycles.